The minimum atomic E-state index is -0.231. The molecule has 0 saturated carbocycles. The summed E-state index contributed by atoms with van der Waals surface area (Å²) in [5.74, 6) is 0.833. The smallest absolute Gasteiger partial charge is 0.0758 e. The van der Waals surface area contributed by atoms with E-state index < -0.39 is 0 Å². The van der Waals surface area contributed by atoms with Crippen LogP contribution < -0.4 is 0 Å². The van der Waals surface area contributed by atoms with E-state index >= 15 is 0 Å². The van der Waals surface area contributed by atoms with Gasteiger partial charge in [-0.15, -0.1) is 0 Å². The van der Waals surface area contributed by atoms with Crippen LogP contribution in [0.4, 0.5) is 0 Å². The van der Waals surface area contributed by atoms with Gasteiger partial charge in [0.25, 0.3) is 0 Å². The Kier molecular flexibility index (Phi) is 5.86. The molecule has 1 unspecified atom stereocenters. The van der Waals surface area contributed by atoms with Gasteiger partial charge in [-0.1, -0.05) is 45.1 Å². The molecule has 64 valence electrons. The monoisotopic (exact) mass is 154 g/mol. The number of aliphatic hydroxyl groups is 1. The van der Waals surface area contributed by atoms with Crippen LogP contribution in [0.3, 0.4) is 0 Å². The average molecular weight is 154 g/mol. The quantitative estimate of drug-likeness (QED) is 0.568. The van der Waals surface area contributed by atoms with E-state index in [0.29, 0.717) is 0 Å². The van der Waals surface area contributed by atoms with Crippen LogP contribution in [0.25, 0.3) is 0 Å². The Morgan fingerprint density at radius 1 is 1.27 bits per heavy atom. The Hall–Kier alpha value is -0.560. The van der Waals surface area contributed by atoms with Crippen LogP contribution in [0.1, 0.15) is 27.2 Å². The van der Waals surface area contributed by atoms with Crippen molar-refractivity contribution in [2.24, 2.45) is 5.92 Å². The summed E-state index contributed by atoms with van der Waals surface area (Å²) in [7, 11) is 0. The van der Waals surface area contributed by atoms with Crippen LogP contribution in [0.5, 0.6) is 0 Å². The molecule has 1 N–H and O–H groups in total. The minimum Gasteiger partial charge on any atom is -0.389 e. The molecular weight excluding hydrogens is 136 g/mol. The average Bonchev–Trinajstić information content (AvgIpc) is 1.87. The van der Waals surface area contributed by atoms with Crippen molar-refractivity contribution < 1.29 is 5.11 Å². The Morgan fingerprint density at radius 3 is 2.00 bits per heavy atom. The number of aliphatic hydroxyl groups excluding tert-OH is 1. The highest BCUT2D eigenvalue weighted by Gasteiger charge is 1.95. The van der Waals surface area contributed by atoms with Gasteiger partial charge in [-0.05, 0) is 12.3 Å². The summed E-state index contributed by atoms with van der Waals surface area (Å²) in [5, 5.41) is 8.77. The molecule has 0 amide bonds. The van der Waals surface area contributed by atoms with Crippen LogP contribution in [0.2, 0.25) is 0 Å². The lowest BCUT2D eigenvalue weighted by atomic mass is 10.1. The number of hydrogen-bond acceptors (Lipinski definition) is 1. The van der Waals surface area contributed by atoms with E-state index in [1.165, 1.54) is 0 Å². The van der Waals surface area contributed by atoms with Crippen LogP contribution in [0.15, 0.2) is 24.3 Å². The highest BCUT2D eigenvalue weighted by molar-refractivity contribution is 5.11. The summed E-state index contributed by atoms with van der Waals surface area (Å²) in [5.41, 5.74) is 0. The van der Waals surface area contributed by atoms with E-state index in [0.717, 1.165) is 12.3 Å². The molecule has 1 atom stereocenters. The number of rotatable bonds is 0. The summed E-state index contributed by atoms with van der Waals surface area (Å²) in [6.07, 6.45) is 8.06. The molecule has 1 aliphatic carbocycles. The molecule has 11 heavy (non-hydrogen) atoms. The summed E-state index contributed by atoms with van der Waals surface area (Å²) in [6, 6.07) is 0. The molecule has 0 radical (unpaired) electrons. The Balaban J connectivity index is 0.000000218. The predicted octanol–water partition coefficient (Wildman–Crippen LogP) is 2.53. The molecule has 0 fully saturated rings. The van der Waals surface area contributed by atoms with Crippen molar-refractivity contribution in [3.63, 3.8) is 0 Å². The molecule has 0 spiro atoms. The largest absolute Gasteiger partial charge is 0.389 e. The third-order valence-corrected chi connectivity index (χ3v) is 0.958. The van der Waals surface area contributed by atoms with Gasteiger partial charge in [-0.2, -0.15) is 0 Å². The molecule has 0 heterocycles. The SMILES string of the molecule is CC(C)C.OC1C=CC=CC1. The lowest BCUT2D eigenvalue weighted by Crippen LogP contribution is -2.00. The first-order valence-corrected chi connectivity index (χ1v) is 4.14. The Bertz CT molecular complexity index is 131. The van der Waals surface area contributed by atoms with Crippen molar-refractivity contribution in [1.29, 1.82) is 0 Å². The molecule has 0 aliphatic heterocycles. The second-order valence-corrected chi connectivity index (χ2v) is 3.35. The molecule has 0 saturated heterocycles. The standard InChI is InChI=1S/C6H8O.C4H10/c7-6-4-2-1-3-5-6;1-4(2)3/h1-4,6-7H,5H2;4H,1-3H3. The highest BCUT2D eigenvalue weighted by atomic mass is 16.3. The number of hydrogen-bond donors (Lipinski definition) is 1. The molecule has 0 aromatic heterocycles. The lowest BCUT2D eigenvalue weighted by molar-refractivity contribution is 0.225. The molecule has 0 aromatic carbocycles. The van der Waals surface area contributed by atoms with Gasteiger partial charge in [0.2, 0.25) is 0 Å². The molecular formula is C10H18O. The Labute approximate surface area is 69.4 Å². The molecule has 1 rings (SSSR count). The summed E-state index contributed by atoms with van der Waals surface area (Å²) < 4.78 is 0. The lowest BCUT2D eigenvalue weighted by Gasteiger charge is -2.01. The Morgan fingerprint density at radius 2 is 1.82 bits per heavy atom. The fraction of sp³-hybridized carbons (Fsp3) is 0.600. The van der Waals surface area contributed by atoms with Gasteiger partial charge >= 0.3 is 0 Å². The van der Waals surface area contributed by atoms with E-state index in [2.05, 4.69) is 20.8 Å². The maximum absolute atomic E-state index is 8.77. The normalized spacial score (nSPS) is 21.4. The molecule has 1 nitrogen and oxygen atoms in total. The summed E-state index contributed by atoms with van der Waals surface area (Å²) in [6.45, 7) is 6.50. The first-order chi connectivity index (χ1) is 5.13. The summed E-state index contributed by atoms with van der Waals surface area (Å²) in [4.78, 5) is 0. The molecule has 1 heteroatoms. The fourth-order valence-electron chi connectivity index (χ4n) is 0.568. The van der Waals surface area contributed by atoms with Crippen LogP contribution >= 0.6 is 0 Å². The highest BCUT2D eigenvalue weighted by Crippen LogP contribution is 2.00. The van der Waals surface area contributed by atoms with Gasteiger partial charge in [0.15, 0.2) is 0 Å². The minimum absolute atomic E-state index is 0.231. The third kappa shape index (κ3) is 9.44. The second kappa shape index (κ2) is 6.17. The zero-order valence-corrected chi connectivity index (χ0v) is 7.62. The van der Waals surface area contributed by atoms with Crippen LogP contribution in [-0.4, -0.2) is 11.2 Å². The van der Waals surface area contributed by atoms with Crippen molar-refractivity contribution >= 4 is 0 Å². The van der Waals surface area contributed by atoms with E-state index in [-0.39, 0.29) is 6.10 Å². The van der Waals surface area contributed by atoms with Crippen LogP contribution in [-0.2, 0) is 0 Å². The zero-order valence-electron chi connectivity index (χ0n) is 7.62. The maximum Gasteiger partial charge on any atom is 0.0758 e. The van der Waals surface area contributed by atoms with Gasteiger partial charge in [0, 0.05) is 0 Å². The van der Waals surface area contributed by atoms with Gasteiger partial charge in [0.1, 0.15) is 0 Å². The number of allylic oxidation sites excluding steroid dienone is 2. The third-order valence-electron chi connectivity index (χ3n) is 0.958. The predicted molar refractivity (Wildman–Crippen MR) is 49.4 cm³/mol. The maximum atomic E-state index is 8.77. The topological polar surface area (TPSA) is 20.2 Å². The summed E-state index contributed by atoms with van der Waals surface area (Å²) >= 11 is 0. The van der Waals surface area contributed by atoms with Crippen molar-refractivity contribution in [3.8, 4) is 0 Å². The van der Waals surface area contributed by atoms with Gasteiger partial charge < -0.3 is 5.11 Å². The van der Waals surface area contributed by atoms with Crippen molar-refractivity contribution in [3.05, 3.63) is 24.3 Å². The zero-order chi connectivity index (χ0) is 8.69. The van der Waals surface area contributed by atoms with Crippen LogP contribution in [0, 0.1) is 5.92 Å². The fourth-order valence-corrected chi connectivity index (χ4v) is 0.568. The van der Waals surface area contributed by atoms with Gasteiger partial charge in [-0.3, -0.25) is 0 Å². The van der Waals surface area contributed by atoms with Gasteiger partial charge in [0.05, 0.1) is 6.10 Å². The second-order valence-electron chi connectivity index (χ2n) is 3.35. The van der Waals surface area contributed by atoms with Crippen molar-refractivity contribution in [2.75, 3.05) is 0 Å². The molecule has 0 aromatic rings. The van der Waals surface area contributed by atoms with Gasteiger partial charge in [-0.25, -0.2) is 0 Å². The van der Waals surface area contributed by atoms with Crippen molar-refractivity contribution in [1.82, 2.24) is 0 Å². The molecule has 0 bridgehead atoms. The van der Waals surface area contributed by atoms with E-state index in [1.54, 1.807) is 6.08 Å². The van der Waals surface area contributed by atoms with E-state index in [9.17, 15) is 0 Å². The molecule has 1 aliphatic rings. The first kappa shape index (κ1) is 10.4. The van der Waals surface area contributed by atoms with E-state index in [4.69, 9.17) is 5.11 Å². The first-order valence-electron chi connectivity index (χ1n) is 4.14. The van der Waals surface area contributed by atoms with Crippen molar-refractivity contribution in [2.45, 2.75) is 33.3 Å². The van der Waals surface area contributed by atoms with E-state index in [1.807, 2.05) is 18.2 Å².